The second-order valence-electron chi connectivity index (χ2n) is 9.17. The van der Waals surface area contributed by atoms with Crippen LogP contribution in [0.1, 0.15) is 86.5 Å². The Kier molecular flexibility index (Phi) is 7.11. The summed E-state index contributed by atoms with van der Waals surface area (Å²) in [5, 5.41) is 0.888. The molecule has 1 aromatic heterocycles. The first kappa shape index (κ1) is 24.1. The summed E-state index contributed by atoms with van der Waals surface area (Å²) in [6, 6.07) is 14.2. The van der Waals surface area contributed by atoms with E-state index in [9.17, 15) is 9.59 Å². The molecular weight excluding hydrogens is 428 g/mol. The van der Waals surface area contributed by atoms with Gasteiger partial charge in [-0.25, -0.2) is 4.79 Å². The lowest BCUT2D eigenvalue weighted by atomic mass is 9.70. The number of ether oxygens (including phenoxy) is 2. The van der Waals surface area contributed by atoms with Crippen LogP contribution in [0.5, 0.6) is 5.75 Å². The van der Waals surface area contributed by atoms with Gasteiger partial charge in [-0.05, 0) is 86.9 Å². The molecule has 5 heteroatoms. The molecule has 1 atom stereocenters. The fourth-order valence-electron chi connectivity index (χ4n) is 5.19. The minimum absolute atomic E-state index is 0.195. The molecule has 0 N–H and O–H groups in total. The molecule has 1 saturated carbocycles. The molecule has 1 aliphatic carbocycles. The van der Waals surface area contributed by atoms with Gasteiger partial charge in [-0.15, -0.1) is 0 Å². The summed E-state index contributed by atoms with van der Waals surface area (Å²) in [7, 11) is 0. The molecule has 2 aromatic carbocycles. The van der Waals surface area contributed by atoms with Crippen molar-refractivity contribution in [2.75, 3.05) is 6.61 Å². The zero-order chi connectivity index (χ0) is 24.3. The standard InChI is InChI=1S/C29H34O5/c1-5-29(6-2,22-13-15-25-20(17-22)18-27(34-25)28(31)32-7-3)21-12-14-24(19(4)16-21)33-26-11-9-8-10-23(26)30/h12-18,26H,5-11H2,1-4H3. The summed E-state index contributed by atoms with van der Waals surface area (Å²) < 4.78 is 16.9. The van der Waals surface area contributed by atoms with Crippen molar-refractivity contribution >= 4 is 22.7 Å². The van der Waals surface area contributed by atoms with Crippen molar-refractivity contribution < 1.29 is 23.5 Å². The highest BCUT2D eigenvalue weighted by Gasteiger charge is 2.32. The smallest absolute Gasteiger partial charge is 0.374 e. The number of benzene rings is 2. The van der Waals surface area contributed by atoms with Gasteiger partial charge in [-0.3, -0.25) is 4.79 Å². The number of carbonyl (C=O) groups excluding carboxylic acids is 2. The summed E-state index contributed by atoms with van der Waals surface area (Å²) in [5.41, 5.74) is 3.91. The SMILES string of the molecule is CCOC(=O)c1cc2cc(C(CC)(CC)c3ccc(OC4CCCCC4=O)c(C)c3)ccc2o1. The van der Waals surface area contributed by atoms with E-state index >= 15 is 0 Å². The molecule has 3 aromatic rings. The van der Waals surface area contributed by atoms with Crippen LogP contribution in [-0.4, -0.2) is 24.5 Å². The maximum absolute atomic E-state index is 12.2. The highest BCUT2D eigenvalue weighted by Crippen LogP contribution is 2.41. The average molecular weight is 463 g/mol. The third-order valence-electron chi connectivity index (χ3n) is 7.25. The van der Waals surface area contributed by atoms with Crippen molar-refractivity contribution in [3.8, 4) is 5.75 Å². The summed E-state index contributed by atoms with van der Waals surface area (Å²) in [6.45, 7) is 8.54. The number of fused-ring (bicyclic) bond motifs is 1. The van der Waals surface area contributed by atoms with Crippen molar-refractivity contribution in [1.82, 2.24) is 0 Å². The summed E-state index contributed by atoms with van der Waals surface area (Å²) in [4.78, 5) is 24.4. The van der Waals surface area contributed by atoms with Gasteiger partial charge < -0.3 is 13.9 Å². The van der Waals surface area contributed by atoms with Crippen molar-refractivity contribution in [3.05, 3.63) is 64.9 Å². The number of rotatable bonds is 8. The molecule has 0 amide bonds. The summed E-state index contributed by atoms with van der Waals surface area (Å²) in [6.07, 6.45) is 4.93. The van der Waals surface area contributed by atoms with Crippen LogP contribution in [0.15, 0.2) is 46.9 Å². The van der Waals surface area contributed by atoms with Gasteiger partial charge in [-0.2, -0.15) is 0 Å². The lowest BCUT2D eigenvalue weighted by Crippen LogP contribution is -2.30. The monoisotopic (exact) mass is 462 g/mol. The normalized spacial score (nSPS) is 16.6. The quantitative estimate of drug-likeness (QED) is 0.340. The fraction of sp³-hybridized carbons (Fsp3) is 0.448. The first-order chi connectivity index (χ1) is 16.4. The van der Waals surface area contributed by atoms with Crippen LogP contribution in [0.4, 0.5) is 0 Å². The lowest BCUT2D eigenvalue weighted by molar-refractivity contribution is -0.127. The minimum atomic E-state index is -0.444. The topological polar surface area (TPSA) is 65.7 Å². The molecule has 1 fully saturated rings. The predicted octanol–water partition coefficient (Wildman–Crippen LogP) is 6.91. The molecule has 1 aliphatic rings. The summed E-state index contributed by atoms with van der Waals surface area (Å²) in [5.74, 6) is 0.777. The molecule has 0 spiro atoms. The van der Waals surface area contributed by atoms with Crippen LogP contribution < -0.4 is 4.74 Å². The van der Waals surface area contributed by atoms with E-state index in [0.717, 1.165) is 48.8 Å². The Labute approximate surface area is 201 Å². The van der Waals surface area contributed by atoms with Gasteiger partial charge in [0, 0.05) is 17.2 Å². The first-order valence-electron chi connectivity index (χ1n) is 12.4. The zero-order valence-electron chi connectivity index (χ0n) is 20.6. The van der Waals surface area contributed by atoms with Crippen LogP contribution in [0.25, 0.3) is 11.0 Å². The van der Waals surface area contributed by atoms with Gasteiger partial charge in [0.2, 0.25) is 5.76 Å². The first-order valence-corrected chi connectivity index (χ1v) is 12.4. The number of hydrogen-bond donors (Lipinski definition) is 0. The average Bonchev–Trinajstić information content (AvgIpc) is 3.27. The predicted molar refractivity (Wildman–Crippen MR) is 133 cm³/mol. The third kappa shape index (κ3) is 4.48. The van der Waals surface area contributed by atoms with E-state index in [1.165, 1.54) is 11.1 Å². The minimum Gasteiger partial charge on any atom is -0.482 e. The van der Waals surface area contributed by atoms with Crippen LogP contribution >= 0.6 is 0 Å². The number of hydrogen-bond acceptors (Lipinski definition) is 5. The van der Waals surface area contributed by atoms with Crippen LogP contribution in [0.2, 0.25) is 0 Å². The number of esters is 1. The maximum Gasteiger partial charge on any atom is 0.374 e. The van der Waals surface area contributed by atoms with Crippen LogP contribution in [0.3, 0.4) is 0 Å². The Balaban J connectivity index is 1.67. The van der Waals surface area contributed by atoms with Crippen molar-refractivity contribution in [2.24, 2.45) is 0 Å². The molecule has 0 radical (unpaired) electrons. The van der Waals surface area contributed by atoms with Gasteiger partial charge in [-0.1, -0.05) is 32.0 Å². The van der Waals surface area contributed by atoms with Crippen LogP contribution in [0, 0.1) is 6.92 Å². The second-order valence-corrected chi connectivity index (χ2v) is 9.17. The second kappa shape index (κ2) is 10.0. The van der Waals surface area contributed by atoms with Crippen molar-refractivity contribution in [1.29, 1.82) is 0 Å². The molecule has 4 rings (SSSR count). The molecule has 1 unspecified atom stereocenters. The number of furan rings is 1. The van der Waals surface area contributed by atoms with E-state index < -0.39 is 5.97 Å². The molecule has 0 aliphatic heterocycles. The molecule has 34 heavy (non-hydrogen) atoms. The van der Waals surface area contributed by atoms with Crippen molar-refractivity contribution in [3.63, 3.8) is 0 Å². The Morgan fingerprint density at radius 1 is 1.03 bits per heavy atom. The van der Waals surface area contributed by atoms with E-state index in [0.29, 0.717) is 18.6 Å². The van der Waals surface area contributed by atoms with Gasteiger partial charge in [0.05, 0.1) is 6.61 Å². The van der Waals surface area contributed by atoms with E-state index in [4.69, 9.17) is 13.9 Å². The van der Waals surface area contributed by atoms with Gasteiger partial charge in [0.25, 0.3) is 0 Å². The van der Waals surface area contributed by atoms with E-state index in [-0.39, 0.29) is 23.1 Å². The van der Waals surface area contributed by atoms with E-state index in [2.05, 4.69) is 38.1 Å². The Morgan fingerprint density at radius 2 is 1.76 bits per heavy atom. The maximum atomic E-state index is 12.2. The molecule has 0 saturated heterocycles. The lowest BCUT2D eigenvalue weighted by Gasteiger charge is -2.34. The number of ketones is 1. The Morgan fingerprint density at radius 3 is 2.44 bits per heavy atom. The summed E-state index contributed by atoms with van der Waals surface area (Å²) >= 11 is 0. The molecular formula is C29H34O5. The zero-order valence-corrected chi connectivity index (χ0v) is 20.6. The third-order valence-corrected chi connectivity index (χ3v) is 7.25. The highest BCUT2D eigenvalue weighted by molar-refractivity contribution is 5.92. The van der Waals surface area contributed by atoms with Gasteiger partial charge in [0.15, 0.2) is 11.9 Å². The van der Waals surface area contributed by atoms with E-state index in [1.54, 1.807) is 13.0 Å². The van der Waals surface area contributed by atoms with E-state index in [1.807, 2.05) is 19.1 Å². The molecule has 5 nitrogen and oxygen atoms in total. The Bertz CT molecular complexity index is 1180. The fourth-order valence-corrected chi connectivity index (χ4v) is 5.19. The molecule has 180 valence electrons. The van der Waals surface area contributed by atoms with Crippen molar-refractivity contribution in [2.45, 2.75) is 77.7 Å². The number of aryl methyl sites for hydroxylation is 1. The molecule has 0 bridgehead atoms. The van der Waals surface area contributed by atoms with Crippen LogP contribution in [-0.2, 0) is 14.9 Å². The van der Waals surface area contributed by atoms with Gasteiger partial charge in [0.1, 0.15) is 11.3 Å². The number of carbonyl (C=O) groups is 2. The number of Topliss-reactive ketones (excluding diaryl/α,β-unsaturated/α-hetero) is 1. The largest absolute Gasteiger partial charge is 0.482 e. The molecule has 1 heterocycles. The van der Waals surface area contributed by atoms with Gasteiger partial charge >= 0.3 is 5.97 Å². The Hall–Kier alpha value is -3.08. The highest BCUT2D eigenvalue weighted by atomic mass is 16.5.